The second-order valence-electron chi connectivity index (χ2n) is 5.39. The van der Waals surface area contributed by atoms with Crippen molar-refractivity contribution in [3.05, 3.63) is 11.8 Å². The van der Waals surface area contributed by atoms with Gasteiger partial charge in [-0.25, -0.2) is 9.97 Å². The Morgan fingerprint density at radius 1 is 1.33 bits per heavy atom. The van der Waals surface area contributed by atoms with Crippen LogP contribution in [0.4, 0.5) is 5.82 Å². The first kappa shape index (κ1) is 14.6. The topological polar surface area (TPSA) is 58.6 Å². The van der Waals surface area contributed by atoms with Crippen molar-refractivity contribution in [2.24, 2.45) is 5.92 Å². The van der Waals surface area contributed by atoms with Gasteiger partial charge in [-0.2, -0.15) is 0 Å². The summed E-state index contributed by atoms with van der Waals surface area (Å²) in [6.45, 7) is 6.23. The molecule has 1 aromatic heterocycles. The van der Waals surface area contributed by atoms with E-state index in [2.05, 4.69) is 14.9 Å². The summed E-state index contributed by atoms with van der Waals surface area (Å²) < 4.78 is 5.29. The Morgan fingerprint density at radius 2 is 2.05 bits per heavy atom. The van der Waals surface area contributed by atoms with Crippen LogP contribution in [0.2, 0.25) is 0 Å². The highest BCUT2D eigenvalue weighted by molar-refractivity contribution is 7.98. The second-order valence-corrected chi connectivity index (χ2v) is 6.17. The minimum absolute atomic E-state index is 0.0936. The number of hydrogen-bond donors (Lipinski definition) is 0. The zero-order valence-corrected chi connectivity index (χ0v) is 13.2. The Bertz CT molecular complexity index is 528. The Kier molecular flexibility index (Phi) is 4.30. The maximum atomic E-state index is 12.4. The van der Waals surface area contributed by atoms with E-state index in [9.17, 15) is 4.79 Å². The van der Waals surface area contributed by atoms with Gasteiger partial charge in [-0.05, 0) is 13.2 Å². The third-order valence-corrected chi connectivity index (χ3v) is 4.43. The van der Waals surface area contributed by atoms with Crippen molar-refractivity contribution >= 4 is 23.5 Å². The minimum atomic E-state index is 0.0936. The summed E-state index contributed by atoms with van der Waals surface area (Å²) in [5, 5.41) is 0.785. The third kappa shape index (κ3) is 3.13. The number of anilines is 1. The molecular weight excluding hydrogens is 288 g/mol. The summed E-state index contributed by atoms with van der Waals surface area (Å²) in [5.74, 6) is 1.28. The first-order valence-electron chi connectivity index (χ1n) is 7.18. The lowest BCUT2D eigenvalue weighted by Crippen LogP contribution is -2.56. The van der Waals surface area contributed by atoms with E-state index in [-0.39, 0.29) is 11.8 Å². The van der Waals surface area contributed by atoms with Crippen LogP contribution in [0, 0.1) is 12.8 Å². The Morgan fingerprint density at radius 3 is 2.71 bits per heavy atom. The lowest BCUT2D eigenvalue weighted by Gasteiger charge is -2.42. The predicted octanol–water partition coefficient (Wildman–Crippen LogP) is 0.802. The van der Waals surface area contributed by atoms with Crippen molar-refractivity contribution in [3.63, 3.8) is 0 Å². The van der Waals surface area contributed by atoms with Gasteiger partial charge in [0.15, 0.2) is 5.16 Å². The molecule has 2 fully saturated rings. The third-order valence-electron chi connectivity index (χ3n) is 3.88. The number of thioether (sulfide) groups is 1. The molecule has 7 heteroatoms. The molecule has 3 heterocycles. The molecule has 0 atom stereocenters. The van der Waals surface area contributed by atoms with Gasteiger partial charge in [0.2, 0.25) is 5.91 Å². The van der Waals surface area contributed by atoms with Crippen molar-refractivity contribution in [3.8, 4) is 0 Å². The lowest BCUT2D eigenvalue weighted by molar-refractivity contribution is -0.140. The molecule has 0 aliphatic carbocycles. The number of rotatable bonds is 3. The molecule has 0 aromatic carbocycles. The van der Waals surface area contributed by atoms with Gasteiger partial charge in [-0.15, -0.1) is 0 Å². The molecule has 0 unspecified atom stereocenters. The molecule has 2 aliphatic rings. The van der Waals surface area contributed by atoms with E-state index in [1.165, 1.54) is 0 Å². The number of morpholine rings is 1. The number of carbonyl (C=O) groups excluding carboxylic acids is 1. The van der Waals surface area contributed by atoms with Gasteiger partial charge in [-0.1, -0.05) is 11.8 Å². The fraction of sp³-hybridized carbons (Fsp3) is 0.643. The fourth-order valence-corrected chi connectivity index (χ4v) is 3.06. The molecule has 0 saturated carbocycles. The maximum Gasteiger partial charge on any atom is 0.229 e. The van der Waals surface area contributed by atoms with Crippen molar-refractivity contribution < 1.29 is 9.53 Å². The van der Waals surface area contributed by atoms with Crippen LogP contribution < -0.4 is 4.90 Å². The number of aryl methyl sites for hydroxylation is 1. The monoisotopic (exact) mass is 308 g/mol. The molecule has 0 spiro atoms. The molecule has 6 nitrogen and oxygen atoms in total. The maximum absolute atomic E-state index is 12.4. The quantitative estimate of drug-likeness (QED) is 0.608. The van der Waals surface area contributed by atoms with E-state index >= 15 is 0 Å². The van der Waals surface area contributed by atoms with Crippen LogP contribution in [0.25, 0.3) is 0 Å². The summed E-state index contributed by atoms with van der Waals surface area (Å²) in [5.41, 5.74) is 0.965. The van der Waals surface area contributed by atoms with E-state index < -0.39 is 0 Å². The van der Waals surface area contributed by atoms with E-state index in [0.29, 0.717) is 13.2 Å². The minimum Gasteiger partial charge on any atom is -0.378 e. The first-order valence-corrected chi connectivity index (χ1v) is 8.41. The Labute approximate surface area is 128 Å². The molecule has 1 amide bonds. The van der Waals surface area contributed by atoms with Crippen LogP contribution in [-0.4, -0.2) is 66.4 Å². The summed E-state index contributed by atoms with van der Waals surface area (Å²) in [6, 6.07) is 1.98. The zero-order valence-electron chi connectivity index (χ0n) is 12.4. The van der Waals surface area contributed by atoms with Gasteiger partial charge >= 0.3 is 0 Å². The van der Waals surface area contributed by atoms with Crippen molar-refractivity contribution in [2.75, 3.05) is 50.5 Å². The molecule has 3 rings (SSSR count). The van der Waals surface area contributed by atoms with E-state index in [1.807, 2.05) is 24.1 Å². The molecule has 114 valence electrons. The first-order chi connectivity index (χ1) is 10.2. The van der Waals surface area contributed by atoms with E-state index in [0.717, 1.165) is 42.8 Å². The van der Waals surface area contributed by atoms with Crippen LogP contribution in [0.5, 0.6) is 0 Å². The van der Waals surface area contributed by atoms with Gasteiger partial charge in [0.25, 0.3) is 0 Å². The van der Waals surface area contributed by atoms with Crippen LogP contribution in [0.1, 0.15) is 5.69 Å². The van der Waals surface area contributed by atoms with Crippen LogP contribution in [0.15, 0.2) is 11.2 Å². The van der Waals surface area contributed by atoms with Crippen LogP contribution >= 0.6 is 11.8 Å². The highest BCUT2D eigenvalue weighted by Gasteiger charge is 2.36. The average molecular weight is 308 g/mol. The van der Waals surface area contributed by atoms with Crippen molar-refractivity contribution in [1.82, 2.24) is 14.9 Å². The van der Waals surface area contributed by atoms with Gasteiger partial charge < -0.3 is 14.5 Å². The van der Waals surface area contributed by atoms with E-state index in [1.54, 1.807) is 11.8 Å². The number of ether oxygens (including phenoxy) is 1. The average Bonchev–Trinajstić information content (AvgIpc) is 2.46. The molecule has 0 radical (unpaired) electrons. The lowest BCUT2D eigenvalue weighted by atomic mass is 9.98. The fourth-order valence-electron chi connectivity index (χ4n) is 2.64. The number of nitrogens with zero attached hydrogens (tertiary/aromatic N) is 4. The smallest absolute Gasteiger partial charge is 0.229 e. The highest BCUT2D eigenvalue weighted by atomic mass is 32.2. The summed E-state index contributed by atoms with van der Waals surface area (Å²) >= 11 is 1.54. The van der Waals surface area contributed by atoms with E-state index in [4.69, 9.17) is 4.74 Å². The zero-order chi connectivity index (χ0) is 14.8. The Balaban J connectivity index is 1.60. The van der Waals surface area contributed by atoms with Gasteiger partial charge in [0.05, 0.1) is 19.1 Å². The molecule has 1 aromatic rings. The Hall–Kier alpha value is -1.34. The van der Waals surface area contributed by atoms with Gasteiger partial charge in [0.1, 0.15) is 5.82 Å². The molecule has 0 bridgehead atoms. The van der Waals surface area contributed by atoms with Crippen molar-refractivity contribution in [1.29, 1.82) is 0 Å². The van der Waals surface area contributed by atoms with Crippen molar-refractivity contribution in [2.45, 2.75) is 12.1 Å². The molecular formula is C14H20N4O2S. The molecule has 2 saturated heterocycles. The summed E-state index contributed by atoms with van der Waals surface area (Å²) in [4.78, 5) is 25.3. The summed E-state index contributed by atoms with van der Waals surface area (Å²) in [7, 11) is 0. The van der Waals surface area contributed by atoms with Crippen LogP contribution in [-0.2, 0) is 9.53 Å². The second kappa shape index (κ2) is 6.19. The standard InChI is InChI=1S/C14H20N4O2S/c1-10-7-12(16-14(15-10)21-2)18-8-11(9-18)13(19)17-3-5-20-6-4-17/h7,11H,3-6,8-9H2,1-2H3. The number of carbonyl (C=O) groups is 1. The molecule has 2 aliphatic heterocycles. The molecule has 21 heavy (non-hydrogen) atoms. The molecule has 0 N–H and O–H groups in total. The SMILES string of the molecule is CSc1nc(C)cc(N2CC(C(=O)N3CCOCC3)C2)n1. The number of aromatic nitrogens is 2. The largest absolute Gasteiger partial charge is 0.378 e. The highest BCUT2D eigenvalue weighted by Crippen LogP contribution is 2.26. The number of hydrogen-bond acceptors (Lipinski definition) is 6. The number of amides is 1. The summed E-state index contributed by atoms with van der Waals surface area (Å²) in [6.07, 6.45) is 1.97. The van der Waals surface area contributed by atoms with Gasteiger partial charge in [0, 0.05) is 37.9 Å². The van der Waals surface area contributed by atoms with Gasteiger partial charge in [-0.3, -0.25) is 4.79 Å². The van der Waals surface area contributed by atoms with Crippen LogP contribution in [0.3, 0.4) is 0 Å². The predicted molar refractivity (Wildman–Crippen MR) is 81.7 cm³/mol. The normalized spacial score (nSPS) is 19.5.